The molecule has 0 radical (unpaired) electrons. The van der Waals surface area contributed by atoms with Crippen molar-refractivity contribution >= 4 is 5.91 Å². The molecule has 2 aromatic carbocycles. The van der Waals surface area contributed by atoms with Gasteiger partial charge in [0.2, 0.25) is 5.91 Å². The first kappa shape index (κ1) is 22.4. The normalized spacial score (nSPS) is 15.8. The van der Waals surface area contributed by atoms with Crippen LogP contribution in [0.25, 0.3) is 0 Å². The maximum atomic E-state index is 13.4. The molecule has 1 saturated heterocycles. The van der Waals surface area contributed by atoms with Gasteiger partial charge < -0.3 is 14.5 Å². The molecule has 1 fully saturated rings. The monoisotopic (exact) mass is 408 g/mol. The predicted octanol–water partition coefficient (Wildman–Crippen LogP) is 4.84. The van der Waals surface area contributed by atoms with Crippen LogP contribution in [0.3, 0.4) is 0 Å². The zero-order valence-electron chi connectivity index (χ0n) is 19.1. The molecular weight excluding hydrogens is 372 g/mol. The van der Waals surface area contributed by atoms with Gasteiger partial charge in [-0.05, 0) is 83.9 Å². The van der Waals surface area contributed by atoms with Gasteiger partial charge in [-0.15, -0.1) is 0 Å². The summed E-state index contributed by atoms with van der Waals surface area (Å²) in [4.78, 5) is 17.8. The summed E-state index contributed by atoms with van der Waals surface area (Å²) >= 11 is 0. The van der Waals surface area contributed by atoms with Gasteiger partial charge >= 0.3 is 0 Å². The predicted molar refractivity (Wildman–Crippen MR) is 123 cm³/mol. The van der Waals surface area contributed by atoms with Crippen molar-refractivity contribution in [3.8, 4) is 5.75 Å². The Morgan fingerprint density at radius 1 is 1.00 bits per heavy atom. The van der Waals surface area contributed by atoms with Gasteiger partial charge in [-0.25, -0.2) is 0 Å². The Hall–Kier alpha value is -2.33. The molecule has 0 aromatic heterocycles. The van der Waals surface area contributed by atoms with E-state index in [2.05, 4.69) is 48.0 Å². The van der Waals surface area contributed by atoms with E-state index in [0.717, 1.165) is 37.2 Å². The maximum absolute atomic E-state index is 13.4. The highest BCUT2D eigenvalue weighted by Crippen LogP contribution is 2.22. The molecule has 1 aliphatic rings. The summed E-state index contributed by atoms with van der Waals surface area (Å²) in [6.07, 6.45) is 2.49. The van der Waals surface area contributed by atoms with E-state index in [1.54, 1.807) is 0 Å². The first-order valence-corrected chi connectivity index (χ1v) is 11.0. The number of carbonyl (C=O) groups is 1. The number of rotatable bonds is 6. The number of aryl methyl sites for hydroxylation is 1. The van der Waals surface area contributed by atoms with Gasteiger partial charge in [0, 0.05) is 12.6 Å². The van der Waals surface area contributed by atoms with Crippen molar-refractivity contribution in [1.29, 1.82) is 0 Å². The number of piperidine rings is 1. The third-order valence-corrected chi connectivity index (χ3v) is 5.63. The van der Waals surface area contributed by atoms with Gasteiger partial charge in [0.05, 0.1) is 6.42 Å². The Labute approximate surface area is 181 Å². The minimum Gasteiger partial charge on any atom is -0.488 e. The fourth-order valence-corrected chi connectivity index (χ4v) is 3.92. The van der Waals surface area contributed by atoms with Crippen molar-refractivity contribution in [2.24, 2.45) is 0 Å². The average molecular weight is 409 g/mol. The van der Waals surface area contributed by atoms with Crippen LogP contribution < -0.4 is 4.74 Å². The van der Waals surface area contributed by atoms with Crippen molar-refractivity contribution in [3.05, 3.63) is 65.2 Å². The van der Waals surface area contributed by atoms with Gasteiger partial charge in [-0.3, -0.25) is 4.79 Å². The van der Waals surface area contributed by atoms with E-state index in [1.807, 2.05) is 45.0 Å². The molecule has 3 rings (SSSR count). The highest BCUT2D eigenvalue weighted by atomic mass is 16.5. The number of carbonyl (C=O) groups excluding carboxylic acids is 1. The van der Waals surface area contributed by atoms with Crippen LogP contribution >= 0.6 is 0 Å². The molecule has 30 heavy (non-hydrogen) atoms. The molecule has 0 atom stereocenters. The molecule has 0 N–H and O–H groups in total. The lowest BCUT2D eigenvalue weighted by molar-refractivity contribution is -0.134. The minimum atomic E-state index is -0.226. The van der Waals surface area contributed by atoms with Crippen LogP contribution in [0.15, 0.2) is 48.5 Å². The minimum absolute atomic E-state index is 0.203. The van der Waals surface area contributed by atoms with Crippen LogP contribution in [0.4, 0.5) is 0 Å². The third kappa shape index (κ3) is 6.60. The fraction of sp³-hybridized carbons (Fsp3) is 0.500. The van der Waals surface area contributed by atoms with Crippen molar-refractivity contribution < 1.29 is 9.53 Å². The van der Waals surface area contributed by atoms with Crippen molar-refractivity contribution in [2.45, 2.75) is 65.1 Å². The SMILES string of the molecule is Cc1ccc(CN(C(=O)Cc2ccc(OC(C)(C)C)cc2)C2CCN(C)CC2)cc1. The molecule has 0 saturated carbocycles. The quantitative estimate of drug-likeness (QED) is 0.686. The standard InChI is InChI=1S/C26H36N2O2/c1-20-6-8-22(9-7-20)19-28(23-14-16-27(5)17-15-23)25(29)18-21-10-12-24(13-11-21)30-26(2,3)4/h6-13,23H,14-19H2,1-5H3. The second kappa shape index (κ2) is 9.65. The molecule has 0 aliphatic carbocycles. The van der Waals surface area contributed by atoms with E-state index < -0.39 is 0 Å². The average Bonchev–Trinajstić information content (AvgIpc) is 2.69. The van der Waals surface area contributed by atoms with E-state index in [1.165, 1.54) is 11.1 Å². The molecule has 4 heteroatoms. The largest absolute Gasteiger partial charge is 0.488 e. The lowest BCUT2D eigenvalue weighted by atomic mass is 10.0. The number of nitrogens with zero attached hydrogens (tertiary/aromatic N) is 2. The summed E-state index contributed by atoms with van der Waals surface area (Å²) in [5.41, 5.74) is 3.24. The summed E-state index contributed by atoms with van der Waals surface area (Å²) in [6, 6.07) is 16.8. The molecule has 0 spiro atoms. The lowest BCUT2D eigenvalue weighted by Crippen LogP contribution is -2.46. The van der Waals surface area contributed by atoms with E-state index in [4.69, 9.17) is 4.74 Å². The number of likely N-dealkylation sites (tertiary alicyclic amines) is 1. The van der Waals surface area contributed by atoms with Crippen molar-refractivity contribution in [1.82, 2.24) is 9.80 Å². The van der Waals surface area contributed by atoms with Crippen LogP contribution in [-0.4, -0.2) is 47.5 Å². The molecule has 162 valence electrons. The van der Waals surface area contributed by atoms with Crippen LogP contribution in [0, 0.1) is 6.92 Å². The highest BCUT2D eigenvalue weighted by molar-refractivity contribution is 5.79. The first-order valence-electron chi connectivity index (χ1n) is 11.0. The number of hydrogen-bond donors (Lipinski definition) is 0. The van der Waals surface area contributed by atoms with E-state index >= 15 is 0 Å². The fourth-order valence-electron chi connectivity index (χ4n) is 3.92. The van der Waals surface area contributed by atoms with E-state index in [9.17, 15) is 4.79 Å². The molecule has 2 aromatic rings. The van der Waals surface area contributed by atoms with E-state index in [-0.39, 0.29) is 11.5 Å². The summed E-state index contributed by atoms with van der Waals surface area (Å²) in [7, 11) is 2.16. The zero-order chi connectivity index (χ0) is 21.7. The lowest BCUT2D eigenvalue weighted by Gasteiger charge is -2.37. The molecule has 1 amide bonds. The second-order valence-electron chi connectivity index (χ2n) is 9.58. The Kier molecular flexibility index (Phi) is 7.19. The topological polar surface area (TPSA) is 32.8 Å². The van der Waals surface area contributed by atoms with Crippen LogP contribution in [0.5, 0.6) is 5.75 Å². The van der Waals surface area contributed by atoms with Crippen molar-refractivity contribution in [2.75, 3.05) is 20.1 Å². The smallest absolute Gasteiger partial charge is 0.227 e. The first-order chi connectivity index (χ1) is 14.2. The molecular formula is C26H36N2O2. The number of hydrogen-bond acceptors (Lipinski definition) is 3. The van der Waals surface area contributed by atoms with Gasteiger partial charge in [0.25, 0.3) is 0 Å². The van der Waals surface area contributed by atoms with Gasteiger partial charge in [0.1, 0.15) is 11.4 Å². The van der Waals surface area contributed by atoms with Gasteiger partial charge in [-0.1, -0.05) is 42.0 Å². The maximum Gasteiger partial charge on any atom is 0.227 e. The van der Waals surface area contributed by atoms with Crippen LogP contribution in [0.2, 0.25) is 0 Å². The summed E-state index contributed by atoms with van der Waals surface area (Å²) in [6.45, 7) is 11.0. The summed E-state index contributed by atoms with van der Waals surface area (Å²) in [5, 5.41) is 0. The molecule has 1 heterocycles. The molecule has 4 nitrogen and oxygen atoms in total. The Morgan fingerprint density at radius 3 is 2.13 bits per heavy atom. The molecule has 0 unspecified atom stereocenters. The van der Waals surface area contributed by atoms with Crippen molar-refractivity contribution in [3.63, 3.8) is 0 Å². The summed E-state index contributed by atoms with van der Waals surface area (Å²) < 4.78 is 5.90. The third-order valence-electron chi connectivity index (χ3n) is 5.63. The number of ether oxygens (including phenoxy) is 1. The summed E-state index contributed by atoms with van der Waals surface area (Å²) in [5.74, 6) is 1.04. The van der Waals surface area contributed by atoms with Crippen LogP contribution in [-0.2, 0) is 17.8 Å². The molecule has 0 bridgehead atoms. The van der Waals surface area contributed by atoms with Gasteiger partial charge in [-0.2, -0.15) is 0 Å². The molecule has 1 aliphatic heterocycles. The number of amides is 1. The second-order valence-corrected chi connectivity index (χ2v) is 9.58. The number of benzene rings is 2. The van der Waals surface area contributed by atoms with E-state index in [0.29, 0.717) is 19.0 Å². The zero-order valence-corrected chi connectivity index (χ0v) is 19.1. The Bertz CT molecular complexity index is 814. The highest BCUT2D eigenvalue weighted by Gasteiger charge is 2.27. The van der Waals surface area contributed by atoms with Gasteiger partial charge in [0.15, 0.2) is 0 Å². The Morgan fingerprint density at radius 2 is 1.57 bits per heavy atom. The van der Waals surface area contributed by atoms with Crippen LogP contribution in [0.1, 0.15) is 50.3 Å². The Balaban J connectivity index is 1.71.